The number of rotatable bonds is 5. The number of ether oxygens (including phenoxy) is 1. The minimum Gasteiger partial charge on any atom is -0.375 e. The summed E-state index contributed by atoms with van der Waals surface area (Å²) in [6.07, 6.45) is 9.40. The number of hydrogen-bond acceptors (Lipinski definition) is 1. The lowest BCUT2D eigenvalue weighted by atomic mass is 9.67. The first-order chi connectivity index (χ1) is 7.02. The zero-order valence-electron chi connectivity index (χ0n) is 11.1. The molecule has 1 nitrogen and oxygen atoms in total. The molecule has 0 amide bonds. The van der Waals surface area contributed by atoms with E-state index >= 15 is 0 Å². The standard InChI is InChI=1S/C14H28O/c1-5-6-7-8-10-14(4)11-9-12-15-13(14,2)3/h5-12H2,1-4H3. The van der Waals surface area contributed by atoms with Crippen molar-refractivity contribution in [2.45, 2.75) is 78.2 Å². The first kappa shape index (κ1) is 13.0. The highest BCUT2D eigenvalue weighted by atomic mass is 16.5. The van der Waals surface area contributed by atoms with Crippen LogP contribution in [0.5, 0.6) is 0 Å². The second-order valence-electron chi connectivity index (χ2n) is 5.83. The number of unbranched alkanes of at least 4 members (excludes halogenated alkanes) is 3. The molecule has 0 bridgehead atoms. The molecule has 1 heterocycles. The summed E-state index contributed by atoms with van der Waals surface area (Å²) in [5.41, 5.74) is 0.483. The maximum Gasteiger partial charge on any atom is 0.0679 e. The van der Waals surface area contributed by atoms with Gasteiger partial charge in [-0.05, 0) is 38.5 Å². The molecule has 15 heavy (non-hydrogen) atoms. The zero-order valence-corrected chi connectivity index (χ0v) is 11.1. The first-order valence-electron chi connectivity index (χ1n) is 6.66. The smallest absolute Gasteiger partial charge is 0.0679 e. The van der Waals surface area contributed by atoms with Gasteiger partial charge in [0.15, 0.2) is 0 Å². The van der Waals surface area contributed by atoms with Gasteiger partial charge in [0.2, 0.25) is 0 Å². The Balaban J connectivity index is 2.41. The summed E-state index contributed by atoms with van der Waals surface area (Å²) < 4.78 is 5.94. The predicted molar refractivity (Wildman–Crippen MR) is 66.1 cm³/mol. The minimum atomic E-state index is 0.0808. The van der Waals surface area contributed by atoms with Crippen molar-refractivity contribution < 1.29 is 4.74 Å². The van der Waals surface area contributed by atoms with Gasteiger partial charge in [0.05, 0.1) is 5.60 Å². The maximum atomic E-state index is 5.94. The summed E-state index contributed by atoms with van der Waals surface area (Å²) in [4.78, 5) is 0. The van der Waals surface area contributed by atoms with Crippen LogP contribution in [0.15, 0.2) is 0 Å². The fourth-order valence-corrected chi connectivity index (χ4v) is 2.63. The van der Waals surface area contributed by atoms with Crippen LogP contribution in [0.1, 0.15) is 72.6 Å². The Morgan fingerprint density at radius 3 is 2.40 bits per heavy atom. The molecule has 0 aromatic rings. The molecule has 0 aromatic heterocycles. The van der Waals surface area contributed by atoms with E-state index in [4.69, 9.17) is 4.74 Å². The summed E-state index contributed by atoms with van der Waals surface area (Å²) in [6, 6.07) is 0. The molecule has 1 aliphatic heterocycles. The highest BCUT2D eigenvalue weighted by molar-refractivity contribution is 4.93. The van der Waals surface area contributed by atoms with Gasteiger partial charge >= 0.3 is 0 Å². The lowest BCUT2D eigenvalue weighted by Gasteiger charge is -2.48. The summed E-state index contributed by atoms with van der Waals surface area (Å²) in [6.45, 7) is 10.2. The lowest BCUT2D eigenvalue weighted by Crippen LogP contribution is -2.47. The van der Waals surface area contributed by atoms with Crippen LogP contribution in [-0.4, -0.2) is 12.2 Å². The van der Waals surface area contributed by atoms with Gasteiger partial charge in [-0.3, -0.25) is 0 Å². The van der Waals surface area contributed by atoms with Crippen molar-refractivity contribution in [2.75, 3.05) is 6.61 Å². The molecule has 0 saturated carbocycles. The van der Waals surface area contributed by atoms with Crippen molar-refractivity contribution in [2.24, 2.45) is 5.41 Å². The van der Waals surface area contributed by atoms with Crippen LogP contribution in [0.25, 0.3) is 0 Å². The van der Waals surface area contributed by atoms with E-state index in [9.17, 15) is 0 Å². The van der Waals surface area contributed by atoms with E-state index in [0.717, 1.165) is 6.61 Å². The van der Waals surface area contributed by atoms with Gasteiger partial charge in [0.1, 0.15) is 0 Å². The number of hydrogen-bond donors (Lipinski definition) is 0. The predicted octanol–water partition coefficient (Wildman–Crippen LogP) is 4.55. The molecule has 1 rings (SSSR count). The highest BCUT2D eigenvalue weighted by Crippen LogP contribution is 2.45. The molecular formula is C14H28O. The van der Waals surface area contributed by atoms with Gasteiger partial charge in [-0.25, -0.2) is 0 Å². The zero-order chi connectivity index (χ0) is 11.4. The molecule has 1 heteroatoms. The van der Waals surface area contributed by atoms with E-state index in [-0.39, 0.29) is 5.60 Å². The highest BCUT2D eigenvalue weighted by Gasteiger charge is 2.43. The molecule has 0 radical (unpaired) electrons. The molecule has 1 aliphatic rings. The van der Waals surface area contributed by atoms with Gasteiger partial charge < -0.3 is 4.74 Å². The van der Waals surface area contributed by atoms with E-state index < -0.39 is 0 Å². The van der Waals surface area contributed by atoms with E-state index in [1.165, 1.54) is 44.9 Å². The average molecular weight is 212 g/mol. The third-order valence-electron chi connectivity index (χ3n) is 4.37. The van der Waals surface area contributed by atoms with Crippen LogP contribution in [0.3, 0.4) is 0 Å². The molecular weight excluding hydrogens is 184 g/mol. The first-order valence-corrected chi connectivity index (χ1v) is 6.66. The third-order valence-corrected chi connectivity index (χ3v) is 4.37. The van der Waals surface area contributed by atoms with Crippen LogP contribution in [0.2, 0.25) is 0 Å². The van der Waals surface area contributed by atoms with Crippen LogP contribution in [0, 0.1) is 5.41 Å². The molecule has 0 aromatic carbocycles. The molecule has 0 spiro atoms. The van der Waals surface area contributed by atoms with Crippen molar-refractivity contribution in [3.63, 3.8) is 0 Å². The summed E-state index contributed by atoms with van der Waals surface area (Å²) >= 11 is 0. The van der Waals surface area contributed by atoms with E-state index in [0.29, 0.717) is 5.41 Å². The quantitative estimate of drug-likeness (QED) is 0.607. The summed E-state index contributed by atoms with van der Waals surface area (Å²) in [5, 5.41) is 0. The largest absolute Gasteiger partial charge is 0.375 e. The van der Waals surface area contributed by atoms with Crippen LogP contribution >= 0.6 is 0 Å². The van der Waals surface area contributed by atoms with E-state index in [2.05, 4.69) is 27.7 Å². The fourth-order valence-electron chi connectivity index (χ4n) is 2.63. The Morgan fingerprint density at radius 2 is 1.80 bits per heavy atom. The summed E-state index contributed by atoms with van der Waals surface area (Å²) in [7, 11) is 0. The molecule has 90 valence electrons. The monoisotopic (exact) mass is 212 g/mol. The van der Waals surface area contributed by atoms with Crippen molar-refractivity contribution in [3.8, 4) is 0 Å². The van der Waals surface area contributed by atoms with Gasteiger partial charge in [0.25, 0.3) is 0 Å². The van der Waals surface area contributed by atoms with Crippen LogP contribution in [-0.2, 0) is 4.74 Å². The fraction of sp³-hybridized carbons (Fsp3) is 1.00. The Morgan fingerprint density at radius 1 is 1.07 bits per heavy atom. The van der Waals surface area contributed by atoms with Gasteiger partial charge in [0, 0.05) is 6.61 Å². The molecule has 1 saturated heterocycles. The maximum absolute atomic E-state index is 5.94. The van der Waals surface area contributed by atoms with Crippen LogP contribution < -0.4 is 0 Å². The SMILES string of the molecule is CCCCCCC1(C)CCCOC1(C)C. The Hall–Kier alpha value is -0.0400. The van der Waals surface area contributed by atoms with Gasteiger partial charge in [-0.15, -0.1) is 0 Å². The average Bonchev–Trinajstić information content (AvgIpc) is 2.18. The minimum absolute atomic E-state index is 0.0808. The van der Waals surface area contributed by atoms with Gasteiger partial charge in [-0.1, -0.05) is 39.5 Å². The van der Waals surface area contributed by atoms with Crippen molar-refractivity contribution >= 4 is 0 Å². The Labute approximate surface area is 95.6 Å². The molecule has 1 fully saturated rings. The molecule has 1 atom stereocenters. The van der Waals surface area contributed by atoms with Crippen molar-refractivity contribution in [1.29, 1.82) is 0 Å². The van der Waals surface area contributed by atoms with Crippen LogP contribution in [0.4, 0.5) is 0 Å². The Bertz CT molecular complexity index is 186. The summed E-state index contributed by atoms with van der Waals surface area (Å²) in [5.74, 6) is 0. The second-order valence-corrected chi connectivity index (χ2v) is 5.83. The van der Waals surface area contributed by atoms with Crippen molar-refractivity contribution in [3.05, 3.63) is 0 Å². The lowest BCUT2D eigenvalue weighted by molar-refractivity contribution is -0.145. The second kappa shape index (κ2) is 5.34. The van der Waals surface area contributed by atoms with E-state index in [1.807, 2.05) is 0 Å². The normalized spacial score (nSPS) is 30.4. The van der Waals surface area contributed by atoms with Crippen molar-refractivity contribution in [1.82, 2.24) is 0 Å². The van der Waals surface area contributed by atoms with Gasteiger partial charge in [-0.2, -0.15) is 0 Å². The molecule has 1 unspecified atom stereocenters. The molecule has 0 N–H and O–H groups in total. The Kier molecular flexibility index (Phi) is 4.64. The molecule has 0 aliphatic carbocycles. The topological polar surface area (TPSA) is 9.23 Å². The third kappa shape index (κ3) is 3.21. The van der Waals surface area contributed by atoms with E-state index in [1.54, 1.807) is 0 Å².